The lowest BCUT2D eigenvalue weighted by Crippen LogP contribution is -2.04. The Balaban J connectivity index is 2.35. The Labute approximate surface area is 118 Å². The average Bonchev–Trinajstić information content (AvgIpc) is 2.38. The standard InChI is InChI=1S/C14H8ClF3N2/c15-13-12(6-5-11(20-13)7-8-19)9-1-3-10(4-2-9)14(16,17)18/h1-6H,7H2. The van der Waals surface area contributed by atoms with Crippen molar-refractivity contribution >= 4 is 11.6 Å². The van der Waals surface area contributed by atoms with Gasteiger partial charge in [0.1, 0.15) is 5.15 Å². The van der Waals surface area contributed by atoms with E-state index in [1.165, 1.54) is 12.1 Å². The maximum atomic E-state index is 12.5. The van der Waals surface area contributed by atoms with Gasteiger partial charge in [-0.15, -0.1) is 0 Å². The average molecular weight is 297 g/mol. The Morgan fingerprint density at radius 2 is 1.75 bits per heavy atom. The molecule has 1 heterocycles. The quantitative estimate of drug-likeness (QED) is 0.766. The van der Waals surface area contributed by atoms with Crippen molar-refractivity contribution in [2.75, 3.05) is 0 Å². The van der Waals surface area contributed by atoms with E-state index in [0.29, 0.717) is 16.8 Å². The first-order valence-corrected chi connectivity index (χ1v) is 5.99. The van der Waals surface area contributed by atoms with E-state index < -0.39 is 11.7 Å². The van der Waals surface area contributed by atoms with Crippen molar-refractivity contribution in [3.05, 3.63) is 52.8 Å². The highest BCUT2D eigenvalue weighted by atomic mass is 35.5. The van der Waals surface area contributed by atoms with Gasteiger partial charge in [0, 0.05) is 5.56 Å². The Kier molecular flexibility index (Phi) is 3.96. The molecule has 0 N–H and O–H groups in total. The molecule has 102 valence electrons. The summed E-state index contributed by atoms with van der Waals surface area (Å²) in [5.41, 5.74) is 0.876. The molecule has 0 aliphatic heterocycles. The van der Waals surface area contributed by atoms with Gasteiger partial charge in [-0.25, -0.2) is 4.98 Å². The predicted octanol–water partition coefficient (Wildman–Crippen LogP) is 4.49. The van der Waals surface area contributed by atoms with Crippen LogP contribution in [0.2, 0.25) is 5.15 Å². The summed E-state index contributed by atoms with van der Waals surface area (Å²) in [5, 5.41) is 8.73. The van der Waals surface area contributed by atoms with Crippen LogP contribution in [-0.4, -0.2) is 4.98 Å². The van der Waals surface area contributed by atoms with Crippen molar-refractivity contribution in [2.45, 2.75) is 12.6 Å². The molecule has 1 aromatic heterocycles. The first-order valence-electron chi connectivity index (χ1n) is 5.62. The number of nitrogens with zero attached hydrogens (tertiary/aromatic N) is 2. The Hall–Kier alpha value is -2.06. The molecule has 0 bridgehead atoms. The van der Waals surface area contributed by atoms with Crippen LogP contribution in [0.3, 0.4) is 0 Å². The molecule has 2 rings (SSSR count). The van der Waals surface area contributed by atoms with Crippen LogP contribution in [0.15, 0.2) is 36.4 Å². The molecular weight excluding hydrogens is 289 g/mol. The molecule has 0 amide bonds. The van der Waals surface area contributed by atoms with Crippen LogP contribution < -0.4 is 0 Å². The number of alkyl halides is 3. The largest absolute Gasteiger partial charge is 0.416 e. The maximum absolute atomic E-state index is 12.5. The molecular formula is C14H8ClF3N2. The number of rotatable bonds is 2. The van der Waals surface area contributed by atoms with Gasteiger partial charge in [-0.05, 0) is 29.8 Å². The molecule has 1 aromatic carbocycles. The lowest BCUT2D eigenvalue weighted by Gasteiger charge is -2.09. The highest BCUT2D eigenvalue weighted by Gasteiger charge is 2.30. The number of benzene rings is 1. The van der Waals surface area contributed by atoms with E-state index in [0.717, 1.165) is 12.1 Å². The summed E-state index contributed by atoms with van der Waals surface area (Å²) in [6.45, 7) is 0. The smallest absolute Gasteiger partial charge is 0.239 e. The first-order chi connectivity index (χ1) is 9.41. The molecule has 20 heavy (non-hydrogen) atoms. The minimum atomic E-state index is -4.36. The van der Waals surface area contributed by atoms with Gasteiger partial charge in [-0.1, -0.05) is 23.7 Å². The monoisotopic (exact) mass is 296 g/mol. The molecule has 0 fully saturated rings. The third-order valence-corrected chi connectivity index (χ3v) is 2.98. The van der Waals surface area contributed by atoms with Crippen molar-refractivity contribution in [1.82, 2.24) is 4.98 Å². The zero-order valence-electron chi connectivity index (χ0n) is 10.1. The summed E-state index contributed by atoms with van der Waals surface area (Å²) in [5.74, 6) is 0. The second-order valence-corrected chi connectivity index (χ2v) is 4.41. The minimum absolute atomic E-state index is 0.132. The van der Waals surface area contributed by atoms with Gasteiger partial charge < -0.3 is 0 Å². The molecule has 0 aliphatic carbocycles. The van der Waals surface area contributed by atoms with E-state index in [1.54, 1.807) is 12.1 Å². The summed E-state index contributed by atoms with van der Waals surface area (Å²) < 4.78 is 37.4. The normalized spacial score (nSPS) is 11.2. The lowest BCUT2D eigenvalue weighted by atomic mass is 10.0. The van der Waals surface area contributed by atoms with Gasteiger partial charge in [-0.3, -0.25) is 0 Å². The summed E-state index contributed by atoms with van der Waals surface area (Å²) in [6, 6.07) is 9.89. The van der Waals surface area contributed by atoms with Gasteiger partial charge in [0.05, 0.1) is 23.7 Å². The second kappa shape index (κ2) is 5.51. The zero-order valence-corrected chi connectivity index (χ0v) is 10.8. The molecule has 2 nitrogen and oxygen atoms in total. The van der Waals surface area contributed by atoms with E-state index >= 15 is 0 Å². The van der Waals surface area contributed by atoms with Gasteiger partial charge in [0.15, 0.2) is 0 Å². The Morgan fingerprint density at radius 3 is 2.25 bits per heavy atom. The summed E-state index contributed by atoms with van der Waals surface area (Å²) in [6.07, 6.45) is -4.23. The minimum Gasteiger partial charge on any atom is -0.239 e. The molecule has 0 saturated heterocycles. The number of pyridine rings is 1. The number of hydrogen-bond acceptors (Lipinski definition) is 2. The summed E-state index contributed by atoms with van der Waals surface area (Å²) in [4.78, 5) is 4.03. The molecule has 6 heteroatoms. The molecule has 0 atom stereocenters. The lowest BCUT2D eigenvalue weighted by molar-refractivity contribution is -0.137. The van der Waals surface area contributed by atoms with Crippen molar-refractivity contribution < 1.29 is 13.2 Å². The van der Waals surface area contributed by atoms with Crippen LogP contribution in [-0.2, 0) is 12.6 Å². The highest BCUT2D eigenvalue weighted by Crippen LogP contribution is 2.32. The number of hydrogen-bond donors (Lipinski definition) is 0. The SMILES string of the molecule is N#CCc1ccc(-c2ccc(C(F)(F)F)cc2)c(Cl)n1. The predicted molar refractivity (Wildman–Crippen MR) is 69.0 cm³/mol. The highest BCUT2D eigenvalue weighted by molar-refractivity contribution is 6.32. The van der Waals surface area contributed by atoms with E-state index in [2.05, 4.69) is 4.98 Å². The van der Waals surface area contributed by atoms with Crippen molar-refractivity contribution in [3.8, 4) is 17.2 Å². The van der Waals surface area contributed by atoms with E-state index in [9.17, 15) is 13.2 Å². The molecule has 0 aliphatic rings. The number of nitriles is 1. The fraction of sp³-hybridized carbons (Fsp3) is 0.143. The Bertz CT molecular complexity index is 658. The molecule has 0 saturated carbocycles. The van der Waals surface area contributed by atoms with E-state index in [4.69, 9.17) is 16.9 Å². The number of halogens is 4. The van der Waals surface area contributed by atoms with Gasteiger partial charge in [0.2, 0.25) is 0 Å². The summed E-state index contributed by atoms with van der Waals surface area (Å²) >= 11 is 5.99. The summed E-state index contributed by atoms with van der Waals surface area (Å²) in [7, 11) is 0. The van der Waals surface area contributed by atoms with E-state index in [-0.39, 0.29) is 11.6 Å². The topological polar surface area (TPSA) is 36.7 Å². The van der Waals surface area contributed by atoms with Crippen LogP contribution in [0.5, 0.6) is 0 Å². The zero-order chi connectivity index (χ0) is 14.8. The Morgan fingerprint density at radius 1 is 1.10 bits per heavy atom. The molecule has 0 unspecified atom stereocenters. The van der Waals surface area contributed by atoms with Crippen LogP contribution in [0.4, 0.5) is 13.2 Å². The molecule has 0 radical (unpaired) electrons. The van der Waals surface area contributed by atoms with Gasteiger partial charge in [0.25, 0.3) is 0 Å². The molecule has 0 spiro atoms. The first kappa shape index (κ1) is 14.4. The van der Waals surface area contributed by atoms with Gasteiger partial charge in [-0.2, -0.15) is 18.4 Å². The van der Waals surface area contributed by atoms with Crippen LogP contribution in [0, 0.1) is 11.3 Å². The number of aromatic nitrogens is 1. The maximum Gasteiger partial charge on any atom is 0.416 e. The fourth-order valence-electron chi connectivity index (χ4n) is 1.71. The van der Waals surface area contributed by atoms with Gasteiger partial charge >= 0.3 is 6.18 Å². The van der Waals surface area contributed by atoms with Crippen molar-refractivity contribution in [3.63, 3.8) is 0 Å². The van der Waals surface area contributed by atoms with E-state index in [1.807, 2.05) is 6.07 Å². The fourth-order valence-corrected chi connectivity index (χ4v) is 1.99. The van der Waals surface area contributed by atoms with Crippen LogP contribution >= 0.6 is 11.6 Å². The third kappa shape index (κ3) is 3.09. The van der Waals surface area contributed by atoms with Crippen molar-refractivity contribution in [2.24, 2.45) is 0 Å². The van der Waals surface area contributed by atoms with Crippen LogP contribution in [0.1, 0.15) is 11.3 Å². The second-order valence-electron chi connectivity index (χ2n) is 4.05. The third-order valence-electron chi connectivity index (χ3n) is 2.69. The molecule has 2 aromatic rings. The van der Waals surface area contributed by atoms with Crippen molar-refractivity contribution in [1.29, 1.82) is 5.26 Å². The van der Waals surface area contributed by atoms with Crippen LogP contribution in [0.25, 0.3) is 11.1 Å².